The highest BCUT2D eigenvalue weighted by atomic mass is 19.4. The highest BCUT2D eigenvalue weighted by Gasteiger charge is 2.28. The Labute approximate surface area is 138 Å². The van der Waals surface area contributed by atoms with Crippen molar-refractivity contribution in [2.75, 3.05) is 0 Å². The van der Waals surface area contributed by atoms with Crippen LogP contribution in [0.4, 0.5) is 13.2 Å². The molecule has 3 aromatic carbocycles. The molecule has 1 nitrogen and oxygen atoms in total. The van der Waals surface area contributed by atoms with Crippen LogP contribution in [0.25, 0.3) is 22.3 Å². The summed E-state index contributed by atoms with van der Waals surface area (Å²) in [5, 5.41) is 10.6. The maximum absolute atomic E-state index is 12.8. The lowest BCUT2D eigenvalue weighted by atomic mass is 9.93. The first-order chi connectivity index (χ1) is 11.4. The second-order valence-electron chi connectivity index (χ2n) is 5.56. The van der Waals surface area contributed by atoms with E-state index in [0.717, 1.165) is 0 Å². The van der Waals surface area contributed by atoms with E-state index in [0.29, 0.717) is 22.3 Å². The van der Waals surface area contributed by atoms with Crippen molar-refractivity contribution in [1.82, 2.24) is 0 Å². The summed E-state index contributed by atoms with van der Waals surface area (Å²) in [6, 6.07) is 20.7. The number of phenolic OH excluding ortho intramolecular Hbond substituents is 1. The number of phenols is 1. The molecule has 0 aromatic heterocycles. The molecule has 122 valence electrons. The van der Waals surface area contributed by atoms with Gasteiger partial charge in [0, 0.05) is 11.1 Å². The summed E-state index contributed by atoms with van der Waals surface area (Å²) in [7, 11) is 0. The fourth-order valence-corrected chi connectivity index (χ4v) is 2.70. The maximum Gasteiger partial charge on any atom is 0.393 e. The second-order valence-corrected chi connectivity index (χ2v) is 5.56. The van der Waals surface area contributed by atoms with Crippen LogP contribution < -0.4 is 0 Å². The molecular formula is C20H15F3O. The van der Waals surface area contributed by atoms with Gasteiger partial charge in [-0.05, 0) is 28.8 Å². The van der Waals surface area contributed by atoms with Gasteiger partial charge in [-0.25, -0.2) is 0 Å². The second kappa shape index (κ2) is 6.40. The van der Waals surface area contributed by atoms with Gasteiger partial charge in [0.05, 0.1) is 6.42 Å². The Bertz CT molecular complexity index is 764. The Morgan fingerprint density at radius 2 is 1.12 bits per heavy atom. The fraction of sp³-hybridized carbons (Fsp3) is 0.100. The molecule has 0 spiro atoms. The Morgan fingerprint density at radius 3 is 1.50 bits per heavy atom. The lowest BCUT2D eigenvalue weighted by molar-refractivity contribution is -0.127. The van der Waals surface area contributed by atoms with Crippen molar-refractivity contribution in [3.8, 4) is 28.0 Å². The van der Waals surface area contributed by atoms with Crippen molar-refractivity contribution in [3.63, 3.8) is 0 Å². The summed E-state index contributed by atoms with van der Waals surface area (Å²) in [5.41, 5.74) is 2.28. The third-order valence-electron chi connectivity index (χ3n) is 3.74. The average molecular weight is 328 g/mol. The van der Waals surface area contributed by atoms with E-state index in [1.165, 1.54) is 12.1 Å². The Balaban J connectivity index is 2.20. The Kier molecular flexibility index (Phi) is 4.30. The molecule has 0 saturated carbocycles. The fourth-order valence-electron chi connectivity index (χ4n) is 2.70. The molecule has 1 N–H and O–H groups in total. The number of halogens is 3. The largest absolute Gasteiger partial charge is 0.507 e. The zero-order valence-electron chi connectivity index (χ0n) is 12.7. The van der Waals surface area contributed by atoms with Gasteiger partial charge in [-0.1, -0.05) is 60.7 Å². The molecule has 3 rings (SSSR count). The molecule has 0 unspecified atom stereocenters. The topological polar surface area (TPSA) is 20.2 Å². The number of alkyl halides is 3. The van der Waals surface area contributed by atoms with Crippen LogP contribution in [0.1, 0.15) is 5.56 Å². The highest BCUT2D eigenvalue weighted by molar-refractivity contribution is 5.82. The predicted molar refractivity (Wildman–Crippen MR) is 88.7 cm³/mol. The van der Waals surface area contributed by atoms with Gasteiger partial charge in [0.15, 0.2) is 0 Å². The predicted octanol–water partition coefficient (Wildman–Crippen LogP) is 5.83. The number of benzene rings is 3. The molecule has 24 heavy (non-hydrogen) atoms. The van der Waals surface area contributed by atoms with Crippen LogP contribution >= 0.6 is 0 Å². The van der Waals surface area contributed by atoms with E-state index in [9.17, 15) is 18.3 Å². The third-order valence-corrected chi connectivity index (χ3v) is 3.74. The quantitative estimate of drug-likeness (QED) is 0.641. The third kappa shape index (κ3) is 3.59. The Morgan fingerprint density at radius 1 is 0.708 bits per heavy atom. The van der Waals surface area contributed by atoms with Crippen LogP contribution in [-0.2, 0) is 6.42 Å². The van der Waals surface area contributed by atoms with E-state index in [1.807, 2.05) is 12.1 Å². The van der Waals surface area contributed by atoms with Gasteiger partial charge in [0.2, 0.25) is 0 Å². The van der Waals surface area contributed by atoms with Crippen LogP contribution in [0.15, 0.2) is 72.8 Å². The molecule has 0 aliphatic heterocycles. The van der Waals surface area contributed by atoms with Gasteiger partial charge in [-0.15, -0.1) is 0 Å². The van der Waals surface area contributed by atoms with Crippen LogP contribution in [0.2, 0.25) is 0 Å². The van der Waals surface area contributed by atoms with Crippen LogP contribution in [0.5, 0.6) is 5.75 Å². The summed E-state index contributed by atoms with van der Waals surface area (Å²) < 4.78 is 38.5. The van der Waals surface area contributed by atoms with E-state index in [1.54, 1.807) is 48.5 Å². The summed E-state index contributed by atoms with van der Waals surface area (Å²) in [6.45, 7) is 0. The minimum absolute atomic E-state index is 0.0154. The van der Waals surface area contributed by atoms with Gasteiger partial charge in [0.1, 0.15) is 5.75 Å². The summed E-state index contributed by atoms with van der Waals surface area (Å²) in [6.07, 6.45) is -5.34. The standard InChI is InChI=1S/C20H15F3O/c21-20(22,23)13-14-11-17(15-7-3-1-4-8-15)19(24)18(12-14)16-9-5-2-6-10-16/h1-12,24H,13H2. The zero-order valence-corrected chi connectivity index (χ0v) is 12.7. The molecule has 0 amide bonds. The minimum Gasteiger partial charge on any atom is -0.507 e. The van der Waals surface area contributed by atoms with Gasteiger partial charge in [-0.2, -0.15) is 13.2 Å². The number of aromatic hydroxyl groups is 1. The van der Waals surface area contributed by atoms with Crippen molar-refractivity contribution >= 4 is 0 Å². The smallest absolute Gasteiger partial charge is 0.393 e. The molecule has 4 heteroatoms. The molecule has 0 aliphatic rings. The van der Waals surface area contributed by atoms with Crippen molar-refractivity contribution in [3.05, 3.63) is 78.4 Å². The zero-order chi connectivity index (χ0) is 17.2. The van der Waals surface area contributed by atoms with E-state index in [2.05, 4.69) is 0 Å². The van der Waals surface area contributed by atoms with Crippen LogP contribution in [0.3, 0.4) is 0 Å². The van der Waals surface area contributed by atoms with Crippen LogP contribution in [-0.4, -0.2) is 11.3 Å². The number of rotatable bonds is 3. The minimum atomic E-state index is -4.31. The van der Waals surface area contributed by atoms with Crippen molar-refractivity contribution in [2.24, 2.45) is 0 Å². The van der Waals surface area contributed by atoms with Crippen LogP contribution in [0, 0.1) is 0 Å². The van der Waals surface area contributed by atoms with E-state index in [4.69, 9.17) is 0 Å². The first-order valence-corrected chi connectivity index (χ1v) is 7.47. The molecule has 0 saturated heterocycles. The van der Waals surface area contributed by atoms with Gasteiger partial charge < -0.3 is 5.11 Å². The van der Waals surface area contributed by atoms with Gasteiger partial charge in [0.25, 0.3) is 0 Å². The summed E-state index contributed by atoms with van der Waals surface area (Å²) >= 11 is 0. The SMILES string of the molecule is Oc1c(-c2ccccc2)cc(CC(F)(F)F)cc1-c1ccccc1. The van der Waals surface area contributed by atoms with E-state index < -0.39 is 12.6 Å². The van der Waals surface area contributed by atoms with Gasteiger partial charge in [-0.3, -0.25) is 0 Å². The summed E-state index contributed by atoms with van der Waals surface area (Å²) in [4.78, 5) is 0. The molecule has 0 atom stereocenters. The van der Waals surface area contributed by atoms with Gasteiger partial charge >= 0.3 is 6.18 Å². The molecule has 0 aliphatic carbocycles. The van der Waals surface area contributed by atoms with E-state index >= 15 is 0 Å². The maximum atomic E-state index is 12.8. The van der Waals surface area contributed by atoms with Crippen molar-refractivity contribution < 1.29 is 18.3 Å². The Hall–Kier alpha value is -2.75. The molecule has 0 bridgehead atoms. The normalized spacial score (nSPS) is 11.5. The lowest BCUT2D eigenvalue weighted by Crippen LogP contribution is -2.11. The molecular weight excluding hydrogens is 313 g/mol. The monoisotopic (exact) mass is 328 g/mol. The molecule has 0 radical (unpaired) electrons. The lowest BCUT2D eigenvalue weighted by Gasteiger charge is -2.15. The highest BCUT2D eigenvalue weighted by Crippen LogP contribution is 2.40. The molecule has 0 heterocycles. The number of hydrogen-bond donors (Lipinski definition) is 1. The molecule has 3 aromatic rings. The van der Waals surface area contributed by atoms with Crippen molar-refractivity contribution in [1.29, 1.82) is 0 Å². The average Bonchev–Trinajstić information content (AvgIpc) is 2.56. The first kappa shape index (κ1) is 16.1. The summed E-state index contributed by atoms with van der Waals surface area (Å²) in [5.74, 6) is -0.0154. The van der Waals surface area contributed by atoms with E-state index in [-0.39, 0.29) is 11.3 Å². The number of hydrogen-bond acceptors (Lipinski definition) is 1. The first-order valence-electron chi connectivity index (χ1n) is 7.47. The molecule has 0 fully saturated rings. The van der Waals surface area contributed by atoms with Crippen molar-refractivity contribution in [2.45, 2.75) is 12.6 Å².